The molecule has 1 aromatic carbocycles. The predicted molar refractivity (Wildman–Crippen MR) is 126 cm³/mol. The summed E-state index contributed by atoms with van der Waals surface area (Å²) in [6.45, 7) is 11.3. The van der Waals surface area contributed by atoms with E-state index in [1.165, 1.54) is 4.90 Å². The highest BCUT2D eigenvalue weighted by molar-refractivity contribution is 6.05. The molecule has 0 aromatic heterocycles. The standard InChI is InChI=1S/C26H34N2O6/c1-6-12-27(18-13-15(3)8-9-16(18)4)24(31)22-26-11-10-19(34-26)20(25(32)33-7-2)21(26)23(30)28(22)17(5)14-29/h6,8-9,13,17,19-22,29H,1,7,10-12,14H2,2-5H3/t17-,19+,20-,21+,22?,26?/m1/s1. The average Bonchev–Trinajstić information content (AvgIpc) is 3.46. The van der Waals surface area contributed by atoms with Gasteiger partial charge in [-0.3, -0.25) is 14.4 Å². The number of nitrogens with zero attached hydrogens (tertiary/aromatic N) is 2. The maximum atomic E-state index is 14.3. The lowest BCUT2D eigenvalue weighted by Gasteiger charge is -2.38. The third-order valence-electron chi connectivity index (χ3n) is 7.50. The molecular formula is C26H34N2O6. The molecule has 4 rings (SSSR count). The average molecular weight is 471 g/mol. The lowest BCUT2D eigenvalue weighted by atomic mass is 9.70. The summed E-state index contributed by atoms with van der Waals surface area (Å²) in [6, 6.07) is 4.30. The van der Waals surface area contributed by atoms with E-state index in [-0.39, 0.29) is 31.6 Å². The van der Waals surface area contributed by atoms with Gasteiger partial charge in [0.15, 0.2) is 0 Å². The van der Waals surface area contributed by atoms with E-state index in [1.54, 1.807) is 24.8 Å². The first-order valence-electron chi connectivity index (χ1n) is 12.0. The number of carbonyl (C=O) groups excluding carboxylic acids is 3. The van der Waals surface area contributed by atoms with Crippen molar-refractivity contribution in [2.75, 3.05) is 24.7 Å². The summed E-state index contributed by atoms with van der Waals surface area (Å²) in [4.78, 5) is 44.0. The number of aliphatic hydroxyl groups is 1. The molecule has 2 unspecified atom stereocenters. The van der Waals surface area contributed by atoms with Crippen LogP contribution in [-0.2, 0) is 23.9 Å². The van der Waals surface area contributed by atoms with Crippen molar-refractivity contribution in [1.29, 1.82) is 0 Å². The number of ether oxygens (including phenoxy) is 2. The lowest BCUT2D eigenvalue weighted by Crippen LogP contribution is -2.58. The molecular weight excluding hydrogens is 436 g/mol. The topological polar surface area (TPSA) is 96.4 Å². The zero-order chi connectivity index (χ0) is 24.8. The summed E-state index contributed by atoms with van der Waals surface area (Å²) < 4.78 is 11.7. The summed E-state index contributed by atoms with van der Waals surface area (Å²) >= 11 is 0. The van der Waals surface area contributed by atoms with Gasteiger partial charge in [-0.15, -0.1) is 6.58 Å². The second kappa shape index (κ2) is 9.15. The fourth-order valence-electron chi connectivity index (χ4n) is 6.03. The molecule has 6 atom stereocenters. The van der Waals surface area contributed by atoms with Crippen molar-refractivity contribution < 1.29 is 29.0 Å². The van der Waals surface area contributed by atoms with Crippen LogP contribution in [0.4, 0.5) is 5.69 Å². The molecule has 8 nitrogen and oxygen atoms in total. The fraction of sp³-hybridized carbons (Fsp3) is 0.577. The van der Waals surface area contributed by atoms with Crippen molar-refractivity contribution >= 4 is 23.5 Å². The molecule has 184 valence electrons. The van der Waals surface area contributed by atoms with Crippen LogP contribution in [0.15, 0.2) is 30.9 Å². The summed E-state index contributed by atoms with van der Waals surface area (Å²) in [5, 5.41) is 9.97. The number of hydrogen-bond donors (Lipinski definition) is 1. The Hall–Kier alpha value is -2.71. The molecule has 3 aliphatic rings. The summed E-state index contributed by atoms with van der Waals surface area (Å²) in [6.07, 6.45) is 2.26. The van der Waals surface area contributed by atoms with Gasteiger partial charge >= 0.3 is 5.97 Å². The fourth-order valence-corrected chi connectivity index (χ4v) is 6.03. The largest absolute Gasteiger partial charge is 0.466 e. The number of anilines is 1. The van der Waals surface area contributed by atoms with Crippen molar-refractivity contribution in [2.24, 2.45) is 11.8 Å². The van der Waals surface area contributed by atoms with Gasteiger partial charge in [-0.05, 0) is 57.7 Å². The van der Waals surface area contributed by atoms with Gasteiger partial charge in [0.05, 0.1) is 37.2 Å². The number of amides is 2. The van der Waals surface area contributed by atoms with Gasteiger partial charge < -0.3 is 24.4 Å². The minimum Gasteiger partial charge on any atom is -0.466 e. The smallest absolute Gasteiger partial charge is 0.312 e. The number of rotatable bonds is 8. The second-order valence-corrected chi connectivity index (χ2v) is 9.61. The van der Waals surface area contributed by atoms with Crippen molar-refractivity contribution in [2.45, 2.75) is 64.3 Å². The highest BCUT2D eigenvalue weighted by Gasteiger charge is 2.75. The van der Waals surface area contributed by atoms with Gasteiger partial charge in [0.1, 0.15) is 11.6 Å². The van der Waals surface area contributed by atoms with Crippen molar-refractivity contribution in [3.05, 3.63) is 42.0 Å². The first kappa shape index (κ1) is 24.4. The molecule has 2 bridgehead atoms. The summed E-state index contributed by atoms with van der Waals surface area (Å²) in [7, 11) is 0. The van der Waals surface area contributed by atoms with E-state index in [2.05, 4.69) is 6.58 Å². The molecule has 0 saturated carbocycles. The molecule has 8 heteroatoms. The Morgan fingerprint density at radius 2 is 2.15 bits per heavy atom. The number of carbonyl (C=O) groups is 3. The first-order chi connectivity index (χ1) is 16.2. The van der Waals surface area contributed by atoms with Crippen LogP contribution in [0.1, 0.15) is 37.8 Å². The molecule has 2 amide bonds. The lowest BCUT2D eigenvalue weighted by molar-refractivity contribution is -0.155. The van der Waals surface area contributed by atoms with E-state index in [0.29, 0.717) is 12.8 Å². The Morgan fingerprint density at radius 1 is 1.41 bits per heavy atom. The van der Waals surface area contributed by atoms with Crippen LogP contribution in [-0.4, -0.2) is 71.3 Å². The summed E-state index contributed by atoms with van der Waals surface area (Å²) in [5.74, 6) is -2.65. The summed E-state index contributed by atoms with van der Waals surface area (Å²) in [5.41, 5.74) is 1.53. The van der Waals surface area contributed by atoms with E-state index in [9.17, 15) is 19.5 Å². The van der Waals surface area contributed by atoms with Gasteiger partial charge in [-0.2, -0.15) is 0 Å². The van der Waals surface area contributed by atoms with Crippen LogP contribution in [0.2, 0.25) is 0 Å². The molecule has 3 aliphatic heterocycles. The van der Waals surface area contributed by atoms with E-state index < -0.39 is 41.6 Å². The molecule has 1 spiro atoms. The number of hydrogen-bond acceptors (Lipinski definition) is 6. The van der Waals surface area contributed by atoms with Gasteiger partial charge in [0.25, 0.3) is 5.91 Å². The van der Waals surface area contributed by atoms with Crippen molar-refractivity contribution in [3.63, 3.8) is 0 Å². The molecule has 1 N–H and O–H groups in total. The quantitative estimate of drug-likeness (QED) is 0.462. The zero-order valence-electron chi connectivity index (χ0n) is 20.3. The van der Waals surface area contributed by atoms with E-state index in [0.717, 1.165) is 16.8 Å². The van der Waals surface area contributed by atoms with E-state index in [1.807, 2.05) is 32.0 Å². The Bertz CT molecular complexity index is 1010. The number of aryl methyl sites for hydroxylation is 2. The van der Waals surface area contributed by atoms with Crippen LogP contribution >= 0.6 is 0 Å². The Kier molecular flexibility index (Phi) is 6.57. The number of esters is 1. The van der Waals surface area contributed by atoms with E-state index >= 15 is 0 Å². The van der Waals surface area contributed by atoms with Crippen LogP contribution in [0.3, 0.4) is 0 Å². The van der Waals surface area contributed by atoms with Gasteiger partial charge in [0.2, 0.25) is 5.91 Å². The molecule has 0 aliphatic carbocycles. The molecule has 1 aromatic rings. The van der Waals surface area contributed by atoms with Crippen LogP contribution in [0.25, 0.3) is 0 Å². The van der Waals surface area contributed by atoms with E-state index in [4.69, 9.17) is 9.47 Å². The van der Waals surface area contributed by atoms with Crippen LogP contribution in [0, 0.1) is 25.7 Å². The first-order valence-corrected chi connectivity index (χ1v) is 12.0. The zero-order valence-corrected chi connectivity index (χ0v) is 20.3. The number of aliphatic hydroxyl groups excluding tert-OH is 1. The van der Waals surface area contributed by atoms with Crippen molar-refractivity contribution in [1.82, 2.24) is 4.90 Å². The Labute approximate surface area is 200 Å². The number of fused-ring (bicyclic) bond motifs is 1. The van der Waals surface area contributed by atoms with Gasteiger partial charge in [-0.1, -0.05) is 18.2 Å². The predicted octanol–water partition coefficient (Wildman–Crippen LogP) is 2.14. The normalized spacial score (nSPS) is 30.3. The van der Waals surface area contributed by atoms with Gasteiger partial charge in [0, 0.05) is 12.2 Å². The molecule has 3 saturated heterocycles. The minimum atomic E-state index is -1.13. The molecule has 34 heavy (non-hydrogen) atoms. The Morgan fingerprint density at radius 3 is 2.79 bits per heavy atom. The maximum Gasteiger partial charge on any atom is 0.312 e. The third-order valence-corrected chi connectivity index (χ3v) is 7.50. The Balaban J connectivity index is 1.82. The second-order valence-electron chi connectivity index (χ2n) is 9.61. The molecule has 0 radical (unpaired) electrons. The molecule has 3 heterocycles. The maximum absolute atomic E-state index is 14.3. The third kappa shape index (κ3) is 3.55. The highest BCUT2D eigenvalue weighted by atomic mass is 16.6. The van der Waals surface area contributed by atoms with Crippen LogP contribution < -0.4 is 4.90 Å². The number of benzene rings is 1. The van der Waals surface area contributed by atoms with Gasteiger partial charge in [-0.25, -0.2) is 0 Å². The monoisotopic (exact) mass is 470 g/mol. The molecule has 3 fully saturated rings. The SMILES string of the molecule is C=CCN(C(=O)C1N([C@H](C)CO)C(=O)[C@@H]2[C@H](C(=O)OCC)[C@@H]3CCC12O3)c1cc(C)ccc1C. The van der Waals surface area contributed by atoms with Crippen molar-refractivity contribution in [3.8, 4) is 0 Å². The number of likely N-dealkylation sites (tertiary alicyclic amines) is 1. The minimum absolute atomic E-state index is 0.203. The van der Waals surface area contributed by atoms with Crippen LogP contribution in [0.5, 0.6) is 0 Å². The highest BCUT2D eigenvalue weighted by Crippen LogP contribution is 2.59.